The van der Waals surface area contributed by atoms with Crippen molar-refractivity contribution < 1.29 is 13.6 Å². The number of carbonyl (C=O) groups is 1. The first-order chi connectivity index (χ1) is 12.1. The van der Waals surface area contributed by atoms with Gasteiger partial charge in [-0.05, 0) is 36.6 Å². The highest BCUT2D eigenvalue weighted by atomic mass is 35.5. The molecule has 1 aromatic carbocycles. The maximum Gasteiger partial charge on any atom is 0.365 e. The molecule has 0 aliphatic carbocycles. The zero-order valence-electron chi connectivity index (χ0n) is 15.0. The lowest BCUT2D eigenvalue weighted by Gasteiger charge is -2.32. The summed E-state index contributed by atoms with van der Waals surface area (Å²) in [4.78, 5) is 21.5. The number of hydrogen-bond acceptors (Lipinski definition) is 3. The van der Waals surface area contributed by atoms with Crippen molar-refractivity contribution in [1.82, 2.24) is 14.9 Å². The molecule has 0 saturated carbocycles. The summed E-state index contributed by atoms with van der Waals surface area (Å²) in [6.07, 6.45) is 2.29. The molecule has 0 bridgehead atoms. The lowest BCUT2D eigenvalue weighted by molar-refractivity contribution is 0.0853. The third-order valence-electron chi connectivity index (χ3n) is 4.00. The molecule has 0 aliphatic rings. The number of alkyl halides is 3. The minimum Gasteiger partial charge on any atom is -0.320 e. The van der Waals surface area contributed by atoms with Gasteiger partial charge in [0, 0.05) is 24.5 Å². The molecule has 0 radical (unpaired) electrons. The summed E-state index contributed by atoms with van der Waals surface area (Å²) in [5.41, 5.74) is 1.20. The normalized spacial score (nSPS) is 12.8. The monoisotopic (exact) mass is 382 g/mol. The van der Waals surface area contributed by atoms with Crippen LogP contribution in [0.5, 0.6) is 0 Å². The fourth-order valence-corrected chi connectivity index (χ4v) is 2.94. The number of anilines is 1. The minimum absolute atomic E-state index is 0.115. The Bertz CT molecular complexity index is 763. The summed E-state index contributed by atoms with van der Waals surface area (Å²) < 4.78 is 27.5. The van der Waals surface area contributed by atoms with Crippen LogP contribution < -0.4 is 5.32 Å². The third kappa shape index (κ3) is 4.66. The van der Waals surface area contributed by atoms with Crippen LogP contribution in [0.2, 0.25) is 0 Å². The topological polar surface area (TPSA) is 58.1 Å². The standard InChI is InChI=1S/C18H21ClF2N4O/c1-11(2)15(14-9-22-10-23-16(14)18(19,20)21)25(4)17(26)24-13-7-5-12(3)6-8-13/h5-11,15H,1-4H3,(H,24,26). The van der Waals surface area contributed by atoms with Gasteiger partial charge in [0.1, 0.15) is 12.0 Å². The van der Waals surface area contributed by atoms with E-state index in [0.29, 0.717) is 5.69 Å². The second-order valence-electron chi connectivity index (χ2n) is 6.42. The van der Waals surface area contributed by atoms with Gasteiger partial charge in [-0.2, -0.15) is 8.78 Å². The van der Waals surface area contributed by atoms with E-state index in [1.54, 1.807) is 12.1 Å². The molecule has 8 heteroatoms. The van der Waals surface area contributed by atoms with Crippen LogP contribution in [0, 0.1) is 12.8 Å². The molecule has 26 heavy (non-hydrogen) atoms. The molecule has 1 atom stereocenters. The van der Waals surface area contributed by atoms with Gasteiger partial charge in [-0.15, -0.1) is 0 Å². The molecule has 140 valence electrons. The Balaban J connectivity index is 2.32. The number of nitrogens with zero attached hydrogens (tertiary/aromatic N) is 3. The molecular weight excluding hydrogens is 362 g/mol. The number of nitrogens with one attached hydrogen (secondary N) is 1. The van der Waals surface area contributed by atoms with Crippen molar-refractivity contribution in [2.75, 3.05) is 12.4 Å². The van der Waals surface area contributed by atoms with Crippen LogP contribution in [0.25, 0.3) is 0 Å². The molecule has 1 unspecified atom stereocenters. The Hall–Kier alpha value is -2.28. The van der Waals surface area contributed by atoms with Crippen molar-refractivity contribution in [2.24, 2.45) is 5.92 Å². The number of aromatic nitrogens is 2. The summed E-state index contributed by atoms with van der Waals surface area (Å²) in [5, 5.41) is -0.895. The minimum atomic E-state index is -3.65. The fraction of sp³-hybridized carbons (Fsp3) is 0.389. The first kappa shape index (κ1) is 20.0. The van der Waals surface area contributed by atoms with Crippen molar-refractivity contribution in [3.05, 3.63) is 53.6 Å². The highest BCUT2D eigenvalue weighted by Gasteiger charge is 2.37. The van der Waals surface area contributed by atoms with E-state index in [9.17, 15) is 13.6 Å². The van der Waals surface area contributed by atoms with Gasteiger partial charge in [0.05, 0.1) is 6.04 Å². The smallest absolute Gasteiger partial charge is 0.320 e. The Morgan fingerprint density at radius 1 is 1.27 bits per heavy atom. The van der Waals surface area contributed by atoms with E-state index in [4.69, 9.17) is 11.6 Å². The van der Waals surface area contributed by atoms with E-state index in [1.807, 2.05) is 32.9 Å². The van der Waals surface area contributed by atoms with E-state index in [-0.39, 0.29) is 11.5 Å². The number of benzene rings is 1. The molecule has 1 aromatic heterocycles. The number of carbonyl (C=O) groups excluding carboxylic acids is 1. The van der Waals surface area contributed by atoms with Gasteiger partial charge in [-0.3, -0.25) is 0 Å². The molecule has 1 N–H and O–H groups in total. The van der Waals surface area contributed by atoms with Crippen LogP contribution in [-0.2, 0) is 5.38 Å². The van der Waals surface area contributed by atoms with Crippen molar-refractivity contribution in [2.45, 2.75) is 32.2 Å². The Morgan fingerprint density at radius 2 is 1.88 bits per heavy atom. The van der Waals surface area contributed by atoms with E-state index >= 15 is 0 Å². The van der Waals surface area contributed by atoms with E-state index in [1.165, 1.54) is 18.1 Å². The number of aryl methyl sites for hydroxylation is 1. The van der Waals surface area contributed by atoms with Crippen molar-refractivity contribution >= 4 is 23.3 Å². The Morgan fingerprint density at radius 3 is 2.42 bits per heavy atom. The Labute approximate surface area is 156 Å². The molecule has 0 spiro atoms. The molecule has 2 amide bonds. The summed E-state index contributed by atoms with van der Waals surface area (Å²) in [6, 6.07) is 6.17. The molecular formula is C18H21ClF2N4O. The average Bonchev–Trinajstić information content (AvgIpc) is 2.56. The second kappa shape index (κ2) is 7.95. The molecule has 5 nitrogen and oxygen atoms in total. The van der Waals surface area contributed by atoms with Crippen molar-refractivity contribution in [3.63, 3.8) is 0 Å². The predicted molar refractivity (Wildman–Crippen MR) is 97.3 cm³/mol. The fourth-order valence-electron chi connectivity index (χ4n) is 2.78. The maximum atomic E-state index is 13.7. The maximum absolute atomic E-state index is 13.7. The molecule has 0 fully saturated rings. The summed E-state index contributed by atoms with van der Waals surface area (Å²) in [7, 11) is 1.54. The first-order valence-electron chi connectivity index (χ1n) is 8.09. The number of amides is 2. The predicted octanol–water partition coefficient (Wildman–Crippen LogP) is 4.93. The van der Waals surface area contributed by atoms with Gasteiger partial charge in [-0.25, -0.2) is 14.8 Å². The van der Waals surface area contributed by atoms with E-state index < -0.39 is 23.1 Å². The van der Waals surface area contributed by atoms with Gasteiger partial charge in [0.2, 0.25) is 0 Å². The van der Waals surface area contributed by atoms with Crippen LogP contribution in [0.1, 0.15) is 36.7 Å². The number of halogens is 3. The molecule has 2 aromatic rings. The van der Waals surface area contributed by atoms with E-state index in [2.05, 4.69) is 15.3 Å². The van der Waals surface area contributed by atoms with Gasteiger partial charge < -0.3 is 10.2 Å². The number of hydrogen-bond donors (Lipinski definition) is 1. The molecule has 1 heterocycles. The summed E-state index contributed by atoms with van der Waals surface area (Å²) in [6.45, 7) is 5.59. The number of urea groups is 1. The largest absolute Gasteiger partial charge is 0.365 e. The third-order valence-corrected chi connectivity index (χ3v) is 4.18. The lowest BCUT2D eigenvalue weighted by Crippen LogP contribution is -2.38. The molecule has 0 saturated heterocycles. The zero-order chi connectivity index (χ0) is 19.5. The SMILES string of the molecule is Cc1ccc(NC(=O)N(C)C(c2cncnc2C(F)(F)Cl)C(C)C)cc1. The van der Waals surface area contributed by atoms with Crippen molar-refractivity contribution in [3.8, 4) is 0 Å². The zero-order valence-corrected chi connectivity index (χ0v) is 15.8. The molecule has 2 rings (SSSR count). The highest BCUT2D eigenvalue weighted by molar-refractivity contribution is 6.21. The number of rotatable bonds is 5. The van der Waals surface area contributed by atoms with Crippen molar-refractivity contribution in [1.29, 1.82) is 0 Å². The van der Waals surface area contributed by atoms with Crippen LogP contribution in [0.3, 0.4) is 0 Å². The van der Waals surface area contributed by atoms with Gasteiger partial charge in [0.15, 0.2) is 0 Å². The van der Waals surface area contributed by atoms with Crippen LogP contribution in [-0.4, -0.2) is 27.9 Å². The molecule has 0 aliphatic heterocycles. The van der Waals surface area contributed by atoms with E-state index in [0.717, 1.165) is 11.9 Å². The summed E-state index contributed by atoms with van der Waals surface area (Å²) in [5.74, 6) is -0.174. The lowest BCUT2D eigenvalue weighted by atomic mass is 9.94. The van der Waals surface area contributed by atoms with Crippen LogP contribution in [0.15, 0.2) is 36.8 Å². The first-order valence-corrected chi connectivity index (χ1v) is 8.46. The van der Waals surface area contributed by atoms with Gasteiger partial charge in [-0.1, -0.05) is 31.5 Å². The average molecular weight is 383 g/mol. The quantitative estimate of drug-likeness (QED) is 0.745. The Kier molecular flexibility index (Phi) is 6.13. The van der Waals surface area contributed by atoms with Crippen LogP contribution in [0.4, 0.5) is 19.3 Å². The van der Waals surface area contributed by atoms with Gasteiger partial charge in [0.25, 0.3) is 0 Å². The van der Waals surface area contributed by atoms with Gasteiger partial charge >= 0.3 is 11.4 Å². The van der Waals surface area contributed by atoms with Crippen LogP contribution >= 0.6 is 11.6 Å². The highest BCUT2D eigenvalue weighted by Crippen LogP contribution is 2.38. The summed E-state index contributed by atoms with van der Waals surface area (Å²) >= 11 is 5.20. The second-order valence-corrected chi connectivity index (χ2v) is 6.90.